The Morgan fingerprint density at radius 1 is 0.576 bits per heavy atom. The zero-order chi connectivity index (χ0) is 43.4. The van der Waals surface area contributed by atoms with E-state index in [0.29, 0.717) is 12.8 Å². The SMILES string of the molecule is CCCCCCCC/C=C\CCCCC(O)C(=O)NC(COC1OC(CO)C(O)C(O)C1O)C(O)C(O)CCC/C=C/CCCCCCCCCCCCCCCCC. The van der Waals surface area contributed by atoms with Gasteiger partial charge in [0.15, 0.2) is 6.29 Å². The number of nitrogens with one attached hydrogen (secondary N) is 1. The molecule has 348 valence electrons. The molecule has 9 unspecified atom stereocenters. The molecule has 0 aromatic carbocycles. The van der Waals surface area contributed by atoms with Crippen molar-refractivity contribution in [3.05, 3.63) is 24.3 Å². The normalized spacial score (nSPS) is 21.9. The van der Waals surface area contributed by atoms with Gasteiger partial charge >= 0.3 is 0 Å². The smallest absolute Gasteiger partial charge is 0.249 e. The van der Waals surface area contributed by atoms with Crippen molar-refractivity contribution in [2.75, 3.05) is 13.2 Å². The van der Waals surface area contributed by atoms with E-state index >= 15 is 0 Å². The zero-order valence-electron chi connectivity index (χ0n) is 37.5. The molecule has 59 heavy (non-hydrogen) atoms. The Kier molecular flexibility index (Phi) is 36.1. The van der Waals surface area contributed by atoms with Crippen molar-refractivity contribution in [3.8, 4) is 0 Å². The fourth-order valence-electron chi connectivity index (χ4n) is 7.67. The topological polar surface area (TPSA) is 189 Å². The minimum Gasteiger partial charge on any atom is -0.394 e. The molecule has 1 aliphatic heterocycles. The lowest BCUT2D eigenvalue weighted by molar-refractivity contribution is -0.303. The average Bonchev–Trinajstić information content (AvgIpc) is 3.23. The van der Waals surface area contributed by atoms with E-state index in [2.05, 4.69) is 43.5 Å². The van der Waals surface area contributed by atoms with Crippen LogP contribution in [-0.4, -0.2) is 110 Å². The molecule has 1 fully saturated rings. The first-order chi connectivity index (χ1) is 28.7. The third kappa shape index (κ3) is 28.0. The number of aliphatic hydroxyl groups excluding tert-OH is 7. The molecule has 0 aliphatic carbocycles. The highest BCUT2D eigenvalue weighted by atomic mass is 16.7. The lowest BCUT2D eigenvalue weighted by Crippen LogP contribution is -2.60. The van der Waals surface area contributed by atoms with Crippen molar-refractivity contribution in [3.63, 3.8) is 0 Å². The van der Waals surface area contributed by atoms with Crippen LogP contribution in [-0.2, 0) is 14.3 Å². The fraction of sp³-hybridized carbons (Fsp3) is 0.896. The third-order valence-electron chi connectivity index (χ3n) is 11.7. The lowest BCUT2D eigenvalue weighted by Gasteiger charge is -2.40. The fourth-order valence-corrected chi connectivity index (χ4v) is 7.67. The molecule has 1 saturated heterocycles. The molecule has 0 radical (unpaired) electrons. The maximum Gasteiger partial charge on any atom is 0.249 e. The van der Waals surface area contributed by atoms with Crippen LogP contribution in [0.1, 0.15) is 206 Å². The maximum absolute atomic E-state index is 13.1. The maximum atomic E-state index is 13.1. The number of ether oxygens (including phenoxy) is 2. The van der Waals surface area contributed by atoms with Crippen LogP contribution in [0.5, 0.6) is 0 Å². The van der Waals surface area contributed by atoms with Crippen molar-refractivity contribution in [2.45, 2.75) is 262 Å². The molecule has 1 heterocycles. The average molecular weight is 842 g/mol. The van der Waals surface area contributed by atoms with Gasteiger partial charge in [0.2, 0.25) is 5.91 Å². The summed E-state index contributed by atoms with van der Waals surface area (Å²) in [6.45, 7) is 3.40. The summed E-state index contributed by atoms with van der Waals surface area (Å²) in [7, 11) is 0. The van der Waals surface area contributed by atoms with Gasteiger partial charge in [-0.05, 0) is 64.2 Å². The van der Waals surface area contributed by atoms with E-state index in [0.717, 1.165) is 38.5 Å². The van der Waals surface area contributed by atoms with Crippen molar-refractivity contribution in [2.24, 2.45) is 0 Å². The molecule has 8 N–H and O–H groups in total. The highest BCUT2D eigenvalue weighted by Gasteiger charge is 2.44. The minimum atomic E-state index is -1.67. The highest BCUT2D eigenvalue weighted by Crippen LogP contribution is 2.23. The molecule has 0 spiro atoms. The van der Waals surface area contributed by atoms with Crippen molar-refractivity contribution in [1.82, 2.24) is 5.32 Å². The van der Waals surface area contributed by atoms with Gasteiger partial charge in [-0.1, -0.05) is 167 Å². The van der Waals surface area contributed by atoms with Crippen LogP contribution >= 0.6 is 0 Å². The van der Waals surface area contributed by atoms with E-state index in [4.69, 9.17) is 9.47 Å². The summed E-state index contributed by atoms with van der Waals surface area (Å²) >= 11 is 0. The largest absolute Gasteiger partial charge is 0.394 e. The van der Waals surface area contributed by atoms with Crippen LogP contribution in [0.25, 0.3) is 0 Å². The Hall–Kier alpha value is -1.41. The number of unbranched alkanes of at least 4 members (excludes halogenated alkanes) is 24. The van der Waals surface area contributed by atoms with Gasteiger partial charge in [-0.25, -0.2) is 0 Å². The van der Waals surface area contributed by atoms with Crippen molar-refractivity contribution < 1.29 is 50.0 Å². The van der Waals surface area contributed by atoms with Crippen LogP contribution in [0.4, 0.5) is 0 Å². The van der Waals surface area contributed by atoms with Gasteiger partial charge in [0.1, 0.15) is 36.6 Å². The first-order valence-corrected chi connectivity index (χ1v) is 24.2. The number of rotatable bonds is 40. The van der Waals surface area contributed by atoms with E-state index in [1.54, 1.807) is 0 Å². The zero-order valence-corrected chi connectivity index (χ0v) is 37.5. The number of allylic oxidation sites excluding steroid dienone is 4. The second kappa shape index (κ2) is 38.3. The van der Waals surface area contributed by atoms with Gasteiger partial charge < -0.3 is 50.5 Å². The van der Waals surface area contributed by atoms with Crippen molar-refractivity contribution in [1.29, 1.82) is 0 Å². The summed E-state index contributed by atoms with van der Waals surface area (Å²) in [6.07, 6.45) is 30.9. The standard InChI is InChI=1S/C48H91NO10/c1-3-5-7-9-11-13-15-17-18-19-20-21-22-23-24-26-27-29-31-33-35-40(51)43(53)39(38-58-48-46(56)45(55)44(54)42(37-50)59-48)49-47(57)41(52)36-34-32-30-28-25-16-14-12-10-8-6-4-2/h25,27-29,39-46,48,50-56H,3-24,26,30-38H2,1-2H3,(H,49,57)/b28-25-,29-27+. The minimum absolute atomic E-state index is 0.224. The summed E-state index contributed by atoms with van der Waals surface area (Å²) in [4.78, 5) is 13.1. The Morgan fingerprint density at radius 2 is 1.00 bits per heavy atom. The molecule has 1 amide bonds. The molecule has 9 atom stereocenters. The van der Waals surface area contributed by atoms with E-state index < -0.39 is 74.2 Å². The first kappa shape index (κ1) is 55.6. The Balaban J connectivity index is 2.44. The molecular weight excluding hydrogens is 751 g/mol. The molecule has 11 nitrogen and oxygen atoms in total. The van der Waals surface area contributed by atoms with Crippen LogP contribution in [0, 0.1) is 0 Å². The summed E-state index contributed by atoms with van der Waals surface area (Å²) in [5.74, 6) is -0.723. The number of carbonyl (C=O) groups is 1. The number of aliphatic hydroxyl groups is 7. The number of amides is 1. The summed E-state index contributed by atoms with van der Waals surface area (Å²) in [6, 6.07) is -1.19. The van der Waals surface area contributed by atoms with Gasteiger partial charge in [0.05, 0.1) is 25.4 Å². The Morgan fingerprint density at radius 3 is 1.46 bits per heavy atom. The molecule has 0 saturated carbocycles. The molecule has 1 rings (SSSR count). The predicted molar refractivity (Wildman–Crippen MR) is 238 cm³/mol. The van der Waals surface area contributed by atoms with Gasteiger partial charge in [-0.3, -0.25) is 4.79 Å². The molecule has 0 aromatic rings. The second-order valence-electron chi connectivity index (χ2n) is 17.2. The van der Waals surface area contributed by atoms with Gasteiger partial charge in [0.25, 0.3) is 0 Å². The Labute approximate surface area is 359 Å². The molecule has 11 heteroatoms. The van der Waals surface area contributed by atoms with Gasteiger partial charge in [0, 0.05) is 0 Å². The van der Waals surface area contributed by atoms with Gasteiger partial charge in [-0.15, -0.1) is 0 Å². The molecule has 0 aromatic heterocycles. The highest BCUT2D eigenvalue weighted by molar-refractivity contribution is 5.80. The van der Waals surface area contributed by atoms with Gasteiger partial charge in [-0.2, -0.15) is 0 Å². The monoisotopic (exact) mass is 842 g/mol. The van der Waals surface area contributed by atoms with Crippen LogP contribution in [0.2, 0.25) is 0 Å². The number of carbonyl (C=O) groups excluding carboxylic acids is 1. The quantitative estimate of drug-likeness (QED) is 0.0221. The molecular formula is C48H91NO10. The van der Waals surface area contributed by atoms with E-state index in [-0.39, 0.29) is 12.8 Å². The van der Waals surface area contributed by atoms with E-state index in [9.17, 15) is 40.5 Å². The van der Waals surface area contributed by atoms with Crippen LogP contribution in [0.3, 0.4) is 0 Å². The second-order valence-corrected chi connectivity index (χ2v) is 17.2. The summed E-state index contributed by atoms with van der Waals surface area (Å²) < 4.78 is 11.1. The molecule has 1 aliphatic rings. The van der Waals surface area contributed by atoms with Crippen LogP contribution in [0.15, 0.2) is 24.3 Å². The Bertz CT molecular complexity index is 1010. The van der Waals surface area contributed by atoms with Crippen LogP contribution < -0.4 is 5.32 Å². The number of hydrogen-bond acceptors (Lipinski definition) is 10. The van der Waals surface area contributed by atoms with E-state index in [1.165, 1.54) is 128 Å². The third-order valence-corrected chi connectivity index (χ3v) is 11.7. The predicted octanol–water partition coefficient (Wildman–Crippen LogP) is 8.23. The molecule has 0 bridgehead atoms. The summed E-state index contributed by atoms with van der Waals surface area (Å²) in [5.41, 5.74) is 0. The number of hydrogen-bond donors (Lipinski definition) is 8. The summed E-state index contributed by atoms with van der Waals surface area (Å²) in [5, 5.41) is 75.6. The van der Waals surface area contributed by atoms with Crippen molar-refractivity contribution >= 4 is 5.91 Å². The lowest BCUT2D eigenvalue weighted by atomic mass is 9.98. The van der Waals surface area contributed by atoms with E-state index in [1.807, 2.05) is 0 Å². The first-order valence-electron chi connectivity index (χ1n) is 24.2.